The minimum Gasteiger partial charge on any atom is -0.465 e. The van der Waals surface area contributed by atoms with Gasteiger partial charge in [0, 0.05) is 13.1 Å². The number of aliphatic hydroxyl groups excluding tert-OH is 1. The maximum atomic E-state index is 11.6. The van der Waals surface area contributed by atoms with E-state index in [1.165, 1.54) is 0 Å². The van der Waals surface area contributed by atoms with Crippen LogP contribution in [-0.4, -0.2) is 41.8 Å². The van der Waals surface area contributed by atoms with Crippen LogP contribution in [0, 0.1) is 0 Å². The molecular weight excluding hydrogens is 242 g/mol. The minimum atomic E-state index is -0.418. The topological polar surface area (TPSA) is 49.8 Å². The Hall–Kier alpha value is -1.39. The molecule has 0 spiro atoms. The second-order valence-electron chi connectivity index (χ2n) is 4.52. The molecule has 106 valence electrons. The van der Waals surface area contributed by atoms with E-state index in [2.05, 4.69) is 0 Å². The van der Waals surface area contributed by atoms with E-state index in [0.29, 0.717) is 26.1 Å². The lowest BCUT2D eigenvalue weighted by Gasteiger charge is -2.23. The van der Waals surface area contributed by atoms with Crippen LogP contribution in [0.4, 0.5) is 0 Å². The third-order valence-corrected chi connectivity index (χ3v) is 2.85. The first kappa shape index (κ1) is 15.7. The third kappa shape index (κ3) is 6.36. The van der Waals surface area contributed by atoms with Gasteiger partial charge < -0.3 is 9.84 Å². The molecule has 0 saturated heterocycles. The maximum absolute atomic E-state index is 11.6. The van der Waals surface area contributed by atoms with Crippen molar-refractivity contribution in [3.05, 3.63) is 35.9 Å². The van der Waals surface area contributed by atoms with Crippen LogP contribution in [0.3, 0.4) is 0 Å². The Morgan fingerprint density at radius 1 is 1.32 bits per heavy atom. The molecule has 0 amide bonds. The molecule has 1 aromatic carbocycles. The molecule has 0 aliphatic heterocycles. The average molecular weight is 265 g/mol. The van der Waals surface area contributed by atoms with E-state index in [-0.39, 0.29) is 12.5 Å². The summed E-state index contributed by atoms with van der Waals surface area (Å²) in [5.41, 5.74) is 1.12. The lowest BCUT2D eigenvalue weighted by atomic mass is 10.2. The first-order chi connectivity index (χ1) is 9.15. The molecule has 1 aromatic rings. The summed E-state index contributed by atoms with van der Waals surface area (Å²) >= 11 is 0. The summed E-state index contributed by atoms with van der Waals surface area (Å²) in [6, 6.07) is 9.91. The molecule has 1 N–H and O–H groups in total. The summed E-state index contributed by atoms with van der Waals surface area (Å²) in [5.74, 6) is -0.248. The second kappa shape index (κ2) is 8.67. The molecule has 1 rings (SSSR count). The zero-order valence-electron chi connectivity index (χ0n) is 11.7. The Kier molecular flexibility index (Phi) is 7.15. The summed E-state index contributed by atoms with van der Waals surface area (Å²) in [4.78, 5) is 13.5. The van der Waals surface area contributed by atoms with Gasteiger partial charge in [0.05, 0.1) is 19.3 Å². The summed E-state index contributed by atoms with van der Waals surface area (Å²) in [5, 5.41) is 9.76. The van der Waals surface area contributed by atoms with Crippen LogP contribution in [0.15, 0.2) is 30.3 Å². The molecule has 0 radical (unpaired) electrons. The Morgan fingerprint density at radius 2 is 2.00 bits per heavy atom. The number of hydrogen-bond acceptors (Lipinski definition) is 4. The van der Waals surface area contributed by atoms with Crippen LogP contribution < -0.4 is 0 Å². The van der Waals surface area contributed by atoms with Gasteiger partial charge in [0.25, 0.3) is 0 Å². The van der Waals surface area contributed by atoms with E-state index in [4.69, 9.17) is 4.74 Å². The van der Waals surface area contributed by atoms with Gasteiger partial charge in [-0.15, -0.1) is 0 Å². The van der Waals surface area contributed by atoms with Gasteiger partial charge in [0.2, 0.25) is 0 Å². The zero-order chi connectivity index (χ0) is 14.1. The monoisotopic (exact) mass is 265 g/mol. The highest BCUT2D eigenvalue weighted by Gasteiger charge is 2.15. The van der Waals surface area contributed by atoms with Gasteiger partial charge in [-0.2, -0.15) is 0 Å². The quantitative estimate of drug-likeness (QED) is 0.728. The van der Waals surface area contributed by atoms with Gasteiger partial charge >= 0.3 is 5.97 Å². The molecule has 1 atom stereocenters. The fourth-order valence-electron chi connectivity index (χ4n) is 1.84. The highest BCUT2D eigenvalue weighted by atomic mass is 16.5. The Balaban J connectivity index is 2.60. The summed E-state index contributed by atoms with van der Waals surface area (Å²) < 4.78 is 4.96. The van der Waals surface area contributed by atoms with Crippen molar-refractivity contribution in [2.24, 2.45) is 0 Å². The molecule has 0 heterocycles. The Bertz CT molecular complexity index is 367. The molecule has 19 heavy (non-hydrogen) atoms. The number of ether oxygens (including phenoxy) is 1. The van der Waals surface area contributed by atoms with Crippen molar-refractivity contribution in [3.63, 3.8) is 0 Å². The predicted molar refractivity (Wildman–Crippen MR) is 74.6 cm³/mol. The smallest absolute Gasteiger partial charge is 0.320 e. The zero-order valence-corrected chi connectivity index (χ0v) is 11.7. The predicted octanol–water partition coefficient (Wildman–Crippen LogP) is 1.82. The van der Waals surface area contributed by atoms with Gasteiger partial charge in [-0.05, 0) is 18.9 Å². The van der Waals surface area contributed by atoms with Crippen molar-refractivity contribution in [2.75, 3.05) is 19.7 Å². The number of nitrogens with zero attached hydrogens (tertiary/aromatic N) is 1. The fraction of sp³-hybridized carbons (Fsp3) is 0.533. The van der Waals surface area contributed by atoms with Gasteiger partial charge in [-0.3, -0.25) is 9.69 Å². The van der Waals surface area contributed by atoms with E-state index in [1.807, 2.05) is 42.2 Å². The Labute approximate surface area is 115 Å². The molecule has 0 saturated carbocycles. The van der Waals surface area contributed by atoms with Gasteiger partial charge in [-0.25, -0.2) is 0 Å². The van der Waals surface area contributed by atoms with Gasteiger partial charge in [-0.1, -0.05) is 37.3 Å². The van der Waals surface area contributed by atoms with Crippen LogP contribution >= 0.6 is 0 Å². The number of esters is 1. The average Bonchev–Trinajstić information content (AvgIpc) is 2.39. The normalized spacial score (nSPS) is 12.4. The maximum Gasteiger partial charge on any atom is 0.320 e. The molecule has 0 fully saturated rings. The number of carbonyl (C=O) groups is 1. The van der Waals surface area contributed by atoms with Crippen molar-refractivity contribution in [3.8, 4) is 0 Å². The first-order valence-corrected chi connectivity index (χ1v) is 6.75. The molecule has 4 heteroatoms. The Morgan fingerprint density at radius 3 is 2.58 bits per heavy atom. The largest absolute Gasteiger partial charge is 0.465 e. The van der Waals surface area contributed by atoms with E-state index in [0.717, 1.165) is 5.56 Å². The van der Waals surface area contributed by atoms with Crippen LogP contribution in [0.5, 0.6) is 0 Å². The molecule has 0 aromatic heterocycles. The fourth-order valence-corrected chi connectivity index (χ4v) is 1.84. The van der Waals surface area contributed by atoms with Gasteiger partial charge in [0.1, 0.15) is 0 Å². The molecule has 4 nitrogen and oxygen atoms in total. The number of benzene rings is 1. The molecular formula is C15H23NO3. The van der Waals surface area contributed by atoms with E-state index < -0.39 is 6.10 Å². The van der Waals surface area contributed by atoms with Crippen molar-refractivity contribution >= 4 is 5.97 Å². The van der Waals surface area contributed by atoms with Crippen molar-refractivity contribution < 1.29 is 14.6 Å². The van der Waals surface area contributed by atoms with Gasteiger partial charge in [0.15, 0.2) is 0 Å². The van der Waals surface area contributed by atoms with Crippen molar-refractivity contribution in [1.29, 1.82) is 0 Å². The van der Waals surface area contributed by atoms with Crippen LogP contribution in [0.25, 0.3) is 0 Å². The standard InChI is InChI=1S/C15H23NO3/c1-3-14(17)11-16(12-15(18)19-4-2)10-13-8-6-5-7-9-13/h5-9,14,17H,3-4,10-12H2,1-2H3. The summed E-state index contributed by atoms with van der Waals surface area (Å²) in [6.07, 6.45) is 0.256. The number of carbonyl (C=O) groups excluding carboxylic acids is 1. The molecule has 0 aliphatic carbocycles. The SMILES string of the molecule is CCOC(=O)CN(Cc1ccccc1)CC(O)CC. The highest BCUT2D eigenvalue weighted by molar-refractivity contribution is 5.71. The van der Waals surface area contributed by atoms with Crippen molar-refractivity contribution in [2.45, 2.75) is 32.9 Å². The van der Waals surface area contributed by atoms with E-state index >= 15 is 0 Å². The van der Waals surface area contributed by atoms with Crippen LogP contribution in [-0.2, 0) is 16.1 Å². The number of rotatable bonds is 8. The second-order valence-corrected chi connectivity index (χ2v) is 4.52. The van der Waals surface area contributed by atoms with E-state index in [9.17, 15) is 9.90 Å². The minimum absolute atomic E-state index is 0.208. The highest BCUT2D eigenvalue weighted by Crippen LogP contribution is 2.06. The molecule has 0 aliphatic rings. The summed E-state index contributed by atoms with van der Waals surface area (Å²) in [7, 11) is 0. The molecule has 0 bridgehead atoms. The summed E-state index contributed by atoms with van der Waals surface area (Å²) in [6.45, 7) is 5.42. The lowest BCUT2D eigenvalue weighted by Crippen LogP contribution is -2.36. The number of hydrogen-bond donors (Lipinski definition) is 1. The lowest BCUT2D eigenvalue weighted by molar-refractivity contribution is -0.144. The first-order valence-electron chi connectivity index (χ1n) is 6.75. The van der Waals surface area contributed by atoms with Crippen molar-refractivity contribution in [1.82, 2.24) is 4.90 Å². The van der Waals surface area contributed by atoms with Crippen LogP contribution in [0.1, 0.15) is 25.8 Å². The van der Waals surface area contributed by atoms with Crippen LogP contribution in [0.2, 0.25) is 0 Å². The van der Waals surface area contributed by atoms with E-state index in [1.54, 1.807) is 6.92 Å². The third-order valence-electron chi connectivity index (χ3n) is 2.85. The number of aliphatic hydroxyl groups is 1. The molecule has 1 unspecified atom stereocenters.